The van der Waals surface area contributed by atoms with Crippen molar-refractivity contribution < 1.29 is 9.90 Å². The van der Waals surface area contributed by atoms with E-state index >= 15 is 0 Å². The summed E-state index contributed by atoms with van der Waals surface area (Å²) in [6.07, 6.45) is 1.70. The van der Waals surface area contributed by atoms with Crippen molar-refractivity contribution in [1.82, 2.24) is 4.90 Å². The minimum atomic E-state index is -0.251. The van der Waals surface area contributed by atoms with Gasteiger partial charge in [0.25, 0.3) is 5.91 Å². The standard InChI is InChI=1S/C20H18ClN3O2S/c21-15-5-7-16(8-6-15)23-9-11-24(12-10-23)20-22-19(26)18(27-20)13-14-3-1-2-4-17(14)25/h1-8,13,25H,9-12H2/b18-13+. The first-order valence-electron chi connectivity index (χ1n) is 8.66. The second kappa shape index (κ2) is 7.66. The SMILES string of the molecule is O=C1N=C(N2CCN(c3ccc(Cl)cc3)CC2)S/C1=C/c1ccccc1O. The number of rotatable bonds is 2. The van der Waals surface area contributed by atoms with Gasteiger partial charge in [-0.15, -0.1) is 0 Å². The molecule has 7 heteroatoms. The molecule has 2 aliphatic heterocycles. The molecule has 1 fully saturated rings. The monoisotopic (exact) mass is 399 g/mol. The lowest BCUT2D eigenvalue weighted by Gasteiger charge is -2.36. The van der Waals surface area contributed by atoms with E-state index in [0.29, 0.717) is 10.5 Å². The summed E-state index contributed by atoms with van der Waals surface area (Å²) in [7, 11) is 0. The van der Waals surface area contributed by atoms with Crippen molar-refractivity contribution in [2.75, 3.05) is 31.1 Å². The van der Waals surface area contributed by atoms with E-state index in [4.69, 9.17) is 11.6 Å². The number of piperazine rings is 1. The maximum Gasteiger partial charge on any atom is 0.286 e. The quantitative estimate of drug-likeness (QED) is 0.777. The molecule has 2 aliphatic rings. The van der Waals surface area contributed by atoms with Crippen LogP contribution in [0.3, 0.4) is 0 Å². The molecule has 0 aromatic heterocycles. The lowest BCUT2D eigenvalue weighted by molar-refractivity contribution is -0.113. The average Bonchev–Trinajstić information content (AvgIpc) is 3.05. The number of amidine groups is 1. The maximum atomic E-state index is 12.3. The minimum Gasteiger partial charge on any atom is -0.507 e. The fraction of sp³-hybridized carbons (Fsp3) is 0.200. The Balaban J connectivity index is 1.41. The van der Waals surface area contributed by atoms with Crippen molar-refractivity contribution in [3.63, 3.8) is 0 Å². The maximum absolute atomic E-state index is 12.3. The number of anilines is 1. The Labute approximate surface area is 167 Å². The molecule has 0 atom stereocenters. The second-order valence-corrected chi connectivity index (χ2v) is 7.77. The second-order valence-electron chi connectivity index (χ2n) is 6.32. The van der Waals surface area contributed by atoms with E-state index in [-0.39, 0.29) is 11.7 Å². The number of hydrogen-bond acceptors (Lipinski definition) is 5. The molecule has 4 rings (SSSR count). The number of aliphatic imine (C=N–C) groups is 1. The third-order valence-electron chi connectivity index (χ3n) is 4.57. The van der Waals surface area contributed by atoms with Crippen LogP contribution in [0.5, 0.6) is 5.75 Å². The van der Waals surface area contributed by atoms with Gasteiger partial charge in [0.15, 0.2) is 5.17 Å². The number of halogens is 1. The van der Waals surface area contributed by atoms with Crippen molar-refractivity contribution in [2.24, 2.45) is 4.99 Å². The normalized spacial score (nSPS) is 18.9. The molecule has 1 N–H and O–H groups in total. The topological polar surface area (TPSA) is 56.1 Å². The summed E-state index contributed by atoms with van der Waals surface area (Å²) in [5.74, 6) is -0.0955. The lowest BCUT2D eigenvalue weighted by Crippen LogP contribution is -2.47. The van der Waals surface area contributed by atoms with Gasteiger partial charge >= 0.3 is 0 Å². The van der Waals surface area contributed by atoms with E-state index < -0.39 is 0 Å². The van der Waals surface area contributed by atoms with Crippen LogP contribution in [0.1, 0.15) is 5.56 Å². The summed E-state index contributed by atoms with van der Waals surface area (Å²) >= 11 is 7.33. The first-order chi connectivity index (χ1) is 13.1. The number of aromatic hydroxyl groups is 1. The van der Waals surface area contributed by atoms with E-state index in [1.165, 1.54) is 11.8 Å². The number of hydrogen-bond donors (Lipinski definition) is 1. The van der Waals surface area contributed by atoms with E-state index in [9.17, 15) is 9.90 Å². The molecule has 2 aromatic rings. The van der Waals surface area contributed by atoms with Crippen LogP contribution < -0.4 is 4.90 Å². The predicted octanol–water partition coefficient (Wildman–Crippen LogP) is 3.84. The molecular formula is C20H18ClN3O2S. The Kier molecular flexibility index (Phi) is 5.09. The number of benzene rings is 2. The Morgan fingerprint density at radius 1 is 1.00 bits per heavy atom. The smallest absolute Gasteiger partial charge is 0.286 e. The van der Waals surface area contributed by atoms with Gasteiger partial charge in [-0.3, -0.25) is 4.79 Å². The molecule has 2 heterocycles. The Morgan fingerprint density at radius 3 is 2.37 bits per heavy atom. The molecule has 138 valence electrons. The molecule has 27 heavy (non-hydrogen) atoms. The van der Waals surface area contributed by atoms with Crippen molar-refractivity contribution in [3.05, 3.63) is 64.0 Å². The third kappa shape index (κ3) is 3.96. The van der Waals surface area contributed by atoms with Crippen molar-refractivity contribution in [3.8, 4) is 5.75 Å². The number of carbonyl (C=O) groups excluding carboxylic acids is 1. The molecule has 1 amide bonds. The molecule has 0 saturated carbocycles. The highest BCUT2D eigenvalue weighted by Gasteiger charge is 2.28. The van der Waals surface area contributed by atoms with Gasteiger partial charge in [-0.2, -0.15) is 4.99 Å². The average molecular weight is 400 g/mol. The van der Waals surface area contributed by atoms with Crippen molar-refractivity contribution >= 4 is 46.2 Å². The highest BCUT2D eigenvalue weighted by atomic mass is 35.5. The van der Waals surface area contributed by atoms with E-state index in [1.54, 1.807) is 24.3 Å². The van der Waals surface area contributed by atoms with Gasteiger partial charge in [0, 0.05) is 42.5 Å². The largest absolute Gasteiger partial charge is 0.507 e. The Morgan fingerprint density at radius 2 is 1.67 bits per heavy atom. The minimum absolute atomic E-state index is 0.156. The van der Waals surface area contributed by atoms with Crippen LogP contribution in [0.25, 0.3) is 6.08 Å². The zero-order valence-electron chi connectivity index (χ0n) is 14.5. The van der Waals surface area contributed by atoms with Gasteiger partial charge in [0.2, 0.25) is 0 Å². The first kappa shape index (κ1) is 17.9. The van der Waals surface area contributed by atoms with E-state index in [2.05, 4.69) is 14.8 Å². The van der Waals surface area contributed by atoms with E-state index in [1.807, 2.05) is 30.3 Å². The summed E-state index contributed by atoms with van der Waals surface area (Å²) in [6.45, 7) is 3.30. The number of nitrogens with zero attached hydrogens (tertiary/aromatic N) is 3. The Hall–Kier alpha value is -2.44. The molecule has 0 radical (unpaired) electrons. The number of phenolic OH excluding ortho intramolecular Hbond substituents is 1. The molecule has 2 aromatic carbocycles. The Bertz CT molecular complexity index is 919. The highest BCUT2D eigenvalue weighted by Crippen LogP contribution is 2.32. The van der Waals surface area contributed by atoms with E-state index in [0.717, 1.165) is 42.1 Å². The molecular weight excluding hydrogens is 382 g/mol. The van der Waals surface area contributed by atoms with Crippen LogP contribution in [-0.2, 0) is 4.79 Å². The number of phenols is 1. The summed E-state index contributed by atoms with van der Waals surface area (Å²) in [6, 6.07) is 14.8. The van der Waals surface area contributed by atoms with Gasteiger partial charge in [-0.05, 0) is 48.2 Å². The van der Waals surface area contributed by atoms with Gasteiger partial charge in [-0.1, -0.05) is 29.8 Å². The predicted molar refractivity (Wildman–Crippen MR) is 111 cm³/mol. The molecule has 5 nitrogen and oxygen atoms in total. The number of para-hydroxylation sites is 1. The summed E-state index contributed by atoms with van der Waals surface area (Å²) in [5.41, 5.74) is 1.77. The van der Waals surface area contributed by atoms with Gasteiger partial charge < -0.3 is 14.9 Å². The zero-order chi connectivity index (χ0) is 18.8. The zero-order valence-corrected chi connectivity index (χ0v) is 16.1. The fourth-order valence-corrected chi connectivity index (χ4v) is 4.17. The molecule has 0 aliphatic carbocycles. The molecule has 1 saturated heterocycles. The number of amides is 1. The number of thioether (sulfide) groups is 1. The summed E-state index contributed by atoms with van der Waals surface area (Å²) < 4.78 is 0. The fourth-order valence-electron chi connectivity index (χ4n) is 3.09. The van der Waals surface area contributed by atoms with Gasteiger partial charge in [-0.25, -0.2) is 0 Å². The van der Waals surface area contributed by atoms with Crippen LogP contribution in [0.15, 0.2) is 58.4 Å². The number of carbonyl (C=O) groups is 1. The summed E-state index contributed by atoms with van der Waals surface area (Å²) in [5, 5.41) is 11.4. The third-order valence-corrected chi connectivity index (χ3v) is 5.87. The van der Waals surface area contributed by atoms with Gasteiger partial charge in [0.05, 0.1) is 4.91 Å². The van der Waals surface area contributed by atoms with Crippen molar-refractivity contribution in [2.45, 2.75) is 0 Å². The van der Waals surface area contributed by atoms with Crippen LogP contribution in [0.2, 0.25) is 5.02 Å². The van der Waals surface area contributed by atoms with Crippen LogP contribution in [0, 0.1) is 0 Å². The van der Waals surface area contributed by atoms with Gasteiger partial charge in [0.1, 0.15) is 5.75 Å². The van der Waals surface area contributed by atoms with Crippen molar-refractivity contribution in [1.29, 1.82) is 0 Å². The molecule has 0 unspecified atom stereocenters. The van der Waals surface area contributed by atoms with Crippen LogP contribution in [-0.4, -0.2) is 47.3 Å². The lowest BCUT2D eigenvalue weighted by atomic mass is 10.2. The van der Waals surface area contributed by atoms with Crippen LogP contribution >= 0.6 is 23.4 Å². The summed E-state index contributed by atoms with van der Waals surface area (Å²) in [4.78, 5) is 21.4. The highest BCUT2D eigenvalue weighted by molar-refractivity contribution is 8.18. The van der Waals surface area contributed by atoms with Crippen LogP contribution in [0.4, 0.5) is 5.69 Å². The molecule has 0 bridgehead atoms. The first-order valence-corrected chi connectivity index (χ1v) is 9.85. The molecule has 0 spiro atoms.